The molecule has 7 heteroatoms. The molecule has 6 nitrogen and oxygen atoms in total. The number of carbonyl (C=O) groups excluding carboxylic acids is 2. The number of benzene rings is 3. The second kappa shape index (κ2) is 8.33. The van der Waals surface area contributed by atoms with Crippen LogP contribution in [0.25, 0.3) is 0 Å². The number of nitrogens with zero attached hydrogens (tertiary/aromatic N) is 2. The first-order valence-electron chi connectivity index (χ1n) is 10.8. The highest BCUT2D eigenvalue weighted by atomic mass is 19.1. The predicted octanol–water partition coefficient (Wildman–Crippen LogP) is 3.46. The minimum atomic E-state index is -0.498. The molecule has 0 unspecified atom stereocenters. The number of aliphatic hydroxyl groups excluding tert-OH is 1. The second-order valence-corrected chi connectivity index (χ2v) is 8.27. The van der Waals surface area contributed by atoms with Crippen LogP contribution in [0.5, 0.6) is 5.75 Å². The molecule has 0 radical (unpaired) electrons. The Balaban J connectivity index is 1.53. The monoisotopic (exact) mass is 446 g/mol. The number of halogens is 1. The van der Waals surface area contributed by atoms with Gasteiger partial charge in [0.05, 0.1) is 25.8 Å². The number of hydrogen-bond acceptors (Lipinski definition) is 4. The van der Waals surface area contributed by atoms with E-state index in [0.29, 0.717) is 11.3 Å². The molecule has 0 aromatic heterocycles. The lowest BCUT2D eigenvalue weighted by atomic mass is 9.71. The number of fused-ring (bicyclic) bond motifs is 3. The summed E-state index contributed by atoms with van der Waals surface area (Å²) in [5.41, 5.74) is 2.37. The van der Waals surface area contributed by atoms with Gasteiger partial charge in [0.25, 0.3) is 11.8 Å². The Bertz CT molecular complexity index is 1230. The van der Waals surface area contributed by atoms with Crippen LogP contribution in [0.1, 0.15) is 32.2 Å². The van der Waals surface area contributed by atoms with Crippen molar-refractivity contribution in [2.24, 2.45) is 0 Å². The number of rotatable bonds is 4. The van der Waals surface area contributed by atoms with Gasteiger partial charge in [-0.15, -0.1) is 0 Å². The van der Waals surface area contributed by atoms with E-state index in [1.54, 1.807) is 47.2 Å². The predicted molar refractivity (Wildman–Crippen MR) is 121 cm³/mol. The van der Waals surface area contributed by atoms with Crippen molar-refractivity contribution < 1.29 is 23.8 Å². The van der Waals surface area contributed by atoms with Crippen LogP contribution in [0, 0.1) is 5.82 Å². The molecule has 0 saturated carbocycles. The van der Waals surface area contributed by atoms with Gasteiger partial charge in [-0.3, -0.25) is 9.59 Å². The lowest BCUT2D eigenvalue weighted by Crippen LogP contribution is -2.70. The standard InChI is InChI=1S/C26H23FN2O4/c1-33-19-9-5-7-17(13-19)25(31)28-14-22-24(20-10-2-3-11-21(20)28)23(15-30)29(22)26(32)16-6-4-8-18(27)12-16/h2-13,22-24,30H,14-15H2,1H3/t22-,23-,24+/m1/s1. The molecule has 2 aliphatic rings. The fourth-order valence-corrected chi connectivity index (χ4v) is 5.04. The van der Waals surface area contributed by atoms with Crippen molar-refractivity contribution in [3.05, 3.63) is 95.3 Å². The molecule has 0 aliphatic carbocycles. The van der Waals surface area contributed by atoms with Gasteiger partial charge >= 0.3 is 0 Å². The molecule has 33 heavy (non-hydrogen) atoms. The van der Waals surface area contributed by atoms with Crippen LogP contribution in [-0.2, 0) is 0 Å². The summed E-state index contributed by atoms with van der Waals surface area (Å²) in [6, 6.07) is 19.3. The van der Waals surface area contributed by atoms with Crippen molar-refractivity contribution in [3.63, 3.8) is 0 Å². The van der Waals surface area contributed by atoms with Crippen LogP contribution >= 0.6 is 0 Å². The van der Waals surface area contributed by atoms with E-state index in [1.165, 1.54) is 18.2 Å². The van der Waals surface area contributed by atoms with Crippen LogP contribution in [0.4, 0.5) is 10.1 Å². The van der Waals surface area contributed by atoms with Crippen LogP contribution in [0.2, 0.25) is 0 Å². The Morgan fingerprint density at radius 2 is 1.73 bits per heavy atom. The number of anilines is 1. The van der Waals surface area contributed by atoms with Crippen LogP contribution in [0.15, 0.2) is 72.8 Å². The molecule has 3 aromatic carbocycles. The lowest BCUT2D eigenvalue weighted by molar-refractivity contribution is -0.0246. The summed E-state index contributed by atoms with van der Waals surface area (Å²) in [6.45, 7) is 0.0513. The quantitative estimate of drug-likeness (QED) is 0.667. The number of hydrogen-bond donors (Lipinski definition) is 1. The number of likely N-dealkylation sites (tertiary alicyclic amines) is 1. The molecule has 3 atom stereocenters. The molecule has 1 N–H and O–H groups in total. The Morgan fingerprint density at radius 1 is 1.00 bits per heavy atom. The van der Waals surface area contributed by atoms with E-state index in [1.807, 2.05) is 24.3 Å². The SMILES string of the molecule is COc1cccc(C(=O)N2C[C@@H]3[C@H](c4ccccc42)[C@@H](CO)N3C(=O)c2cccc(F)c2)c1. The molecule has 5 rings (SSSR count). The molecule has 2 heterocycles. The van der Waals surface area contributed by atoms with Crippen LogP contribution < -0.4 is 9.64 Å². The zero-order chi connectivity index (χ0) is 23.1. The number of para-hydroxylation sites is 1. The van der Waals surface area contributed by atoms with Gasteiger partial charge < -0.3 is 19.6 Å². The third-order valence-corrected chi connectivity index (χ3v) is 6.55. The molecule has 1 saturated heterocycles. The van der Waals surface area contributed by atoms with E-state index in [0.717, 1.165) is 11.3 Å². The van der Waals surface area contributed by atoms with Gasteiger partial charge in [-0.25, -0.2) is 4.39 Å². The number of amides is 2. The summed E-state index contributed by atoms with van der Waals surface area (Å²) >= 11 is 0. The summed E-state index contributed by atoms with van der Waals surface area (Å²) in [7, 11) is 1.55. The summed E-state index contributed by atoms with van der Waals surface area (Å²) in [6.07, 6.45) is 0. The largest absolute Gasteiger partial charge is 0.497 e. The number of methoxy groups -OCH3 is 1. The van der Waals surface area contributed by atoms with Crippen LogP contribution in [0.3, 0.4) is 0 Å². The summed E-state index contributed by atoms with van der Waals surface area (Å²) in [5.74, 6) is -0.593. The topological polar surface area (TPSA) is 70.1 Å². The molecular weight excluding hydrogens is 423 g/mol. The Kier molecular flexibility index (Phi) is 5.34. The maximum atomic E-state index is 13.8. The minimum absolute atomic E-state index is 0.113. The van der Waals surface area contributed by atoms with E-state index in [4.69, 9.17) is 4.74 Å². The average molecular weight is 446 g/mol. The molecule has 0 bridgehead atoms. The van der Waals surface area contributed by atoms with Gasteiger partial charge in [-0.1, -0.05) is 30.3 Å². The second-order valence-electron chi connectivity index (χ2n) is 8.27. The highest BCUT2D eigenvalue weighted by Gasteiger charge is 2.55. The molecule has 1 fully saturated rings. The average Bonchev–Trinajstić information content (AvgIpc) is 2.84. The van der Waals surface area contributed by atoms with E-state index in [-0.39, 0.29) is 42.5 Å². The third kappa shape index (κ3) is 3.45. The Labute approximate surface area is 190 Å². The highest BCUT2D eigenvalue weighted by Crippen LogP contribution is 2.49. The molecular formula is C26H23FN2O4. The molecule has 2 aliphatic heterocycles. The minimum Gasteiger partial charge on any atom is -0.497 e. The van der Waals surface area contributed by atoms with Gasteiger partial charge in [0.15, 0.2) is 0 Å². The van der Waals surface area contributed by atoms with Gasteiger partial charge in [-0.2, -0.15) is 0 Å². The molecule has 3 aromatic rings. The Morgan fingerprint density at radius 3 is 2.45 bits per heavy atom. The summed E-state index contributed by atoms with van der Waals surface area (Å²) in [4.78, 5) is 30.0. The van der Waals surface area contributed by atoms with Gasteiger partial charge in [0.1, 0.15) is 11.6 Å². The van der Waals surface area contributed by atoms with E-state index in [9.17, 15) is 19.1 Å². The van der Waals surface area contributed by atoms with Crippen molar-refractivity contribution in [1.82, 2.24) is 4.90 Å². The maximum Gasteiger partial charge on any atom is 0.258 e. The van der Waals surface area contributed by atoms with Crippen molar-refractivity contribution >= 4 is 17.5 Å². The Hall–Kier alpha value is -3.71. The number of carbonyl (C=O) groups is 2. The summed E-state index contributed by atoms with van der Waals surface area (Å²) in [5, 5.41) is 10.1. The van der Waals surface area contributed by atoms with Gasteiger partial charge in [-0.05, 0) is 48.0 Å². The van der Waals surface area contributed by atoms with Crippen molar-refractivity contribution in [1.29, 1.82) is 0 Å². The first-order valence-corrected chi connectivity index (χ1v) is 10.8. The lowest BCUT2D eigenvalue weighted by Gasteiger charge is -2.58. The van der Waals surface area contributed by atoms with E-state index >= 15 is 0 Å². The first-order chi connectivity index (χ1) is 16.0. The summed E-state index contributed by atoms with van der Waals surface area (Å²) < 4.78 is 19.0. The third-order valence-electron chi connectivity index (χ3n) is 6.55. The first kappa shape index (κ1) is 21.2. The fourth-order valence-electron chi connectivity index (χ4n) is 5.04. The van der Waals surface area contributed by atoms with E-state index in [2.05, 4.69) is 0 Å². The molecule has 168 valence electrons. The zero-order valence-corrected chi connectivity index (χ0v) is 18.0. The highest BCUT2D eigenvalue weighted by molar-refractivity contribution is 6.07. The van der Waals surface area contributed by atoms with Crippen molar-refractivity contribution in [3.8, 4) is 5.75 Å². The normalized spacial score (nSPS) is 21.0. The number of aliphatic hydroxyl groups is 1. The fraction of sp³-hybridized carbons (Fsp3) is 0.231. The van der Waals surface area contributed by atoms with Gasteiger partial charge in [0.2, 0.25) is 0 Å². The van der Waals surface area contributed by atoms with Crippen LogP contribution in [-0.4, -0.2) is 54.2 Å². The molecule has 2 amide bonds. The van der Waals surface area contributed by atoms with E-state index < -0.39 is 11.9 Å². The smallest absolute Gasteiger partial charge is 0.258 e. The van der Waals surface area contributed by atoms with Gasteiger partial charge in [0, 0.05) is 29.3 Å². The maximum absolute atomic E-state index is 13.8. The number of ether oxygens (including phenoxy) is 1. The van der Waals surface area contributed by atoms with Crippen molar-refractivity contribution in [2.75, 3.05) is 25.2 Å². The van der Waals surface area contributed by atoms with Crippen molar-refractivity contribution in [2.45, 2.75) is 18.0 Å². The molecule has 0 spiro atoms. The zero-order valence-electron chi connectivity index (χ0n) is 18.0.